The van der Waals surface area contributed by atoms with Crippen molar-refractivity contribution in [1.82, 2.24) is 4.57 Å². The van der Waals surface area contributed by atoms with Gasteiger partial charge in [0.25, 0.3) is 0 Å². The highest BCUT2D eigenvalue weighted by atomic mass is 16.1. The van der Waals surface area contributed by atoms with Crippen LogP contribution in [0.5, 0.6) is 0 Å². The Kier molecular flexibility index (Phi) is 3.09. The van der Waals surface area contributed by atoms with Gasteiger partial charge in [0, 0.05) is 23.4 Å². The van der Waals surface area contributed by atoms with E-state index in [1.807, 2.05) is 0 Å². The number of aryl methyl sites for hydroxylation is 3. The lowest BCUT2D eigenvalue weighted by molar-refractivity contribution is 0.0911. The quantitative estimate of drug-likeness (QED) is 0.751. The van der Waals surface area contributed by atoms with Crippen molar-refractivity contribution in [2.75, 3.05) is 0 Å². The van der Waals surface area contributed by atoms with Crippen LogP contribution in [0.1, 0.15) is 53.1 Å². The fraction of sp³-hybridized carbons (Fsp3) is 0.421. The molecule has 2 nitrogen and oxygen atoms in total. The standard InChI is InChI=1S/C19H23NO/c1-12-7-6-8-13(2)18(12)20-14(3)9-15-16(20)10-19(4,5)11-17(15)21/h6-9H,10-11H2,1-5H3. The zero-order chi connectivity index (χ0) is 15.4. The summed E-state index contributed by atoms with van der Waals surface area (Å²) in [6, 6.07) is 8.45. The van der Waals surface area contributed by atoms with E-state index in [0.717, 1.165) is 17.7 Å². The first kappa shape index (κ1) is 14.1. The van der Waals surface area contributed by atoms with Crippen LogP contribution in [0.15, 0.2) is 24.3 Å². The minimum atomic E-state index is 0.0449. The molecule has 3 rings (SSSR count). The normalized spacial score (nSPS) is 16.9. The average molecular weight is 281 g/mol. The number of hydrogen-bond acceptors (Lipinski definition) is 1. The molecule has 0 spiro atoms. The Hall–Kier alpha value is -1.83. The van der Waals surface area contributed by atoms with Crippen LogP contribution in [0.25, 0.3) is 5.69 Å². The maximum atomic E-state index is 12.5. The van der Waals surface area contributed by atoms with Crippen LogP contribution >= 0.6 is 0 Å². The Morgan fingerprint density at radius 1 is 1.05 bits per heavy atom. The van der Waals surface area contributed by atoms with Crippen LogP contribution in [-0.4, -0.2) is 10.4 Å². The number of hydrogen-bond donors (Lipinski definition) is 0. The second kappa shape index (κ2) is 4.59. The Bertz CT molecular complexity index is 714. The molecule has 0 saturated heterocycles. The van der Waals surface area contributed by atoms with Gasteiger partial charge in [-0.25, -0.2) is 0 Å². The maximum absolute atomic E-state index is 12.5. The van der Waals surface area contributed by atoms with E-state index in [1.165, 1.54) is 22.5 Å². The van der Waals surface area contributed by atoms with E-state index in [0.29, 0.717) is 6.42 Å². The van der Waals surface area contributed by atoms with Crippen molar-refractivity contribution >= 4 is 5.78 Å². The van der Waals surface area contributed by atoms with Crippen molar-refractivity contribution in [3.05, 3.63) is 52.3 Å². The highest BCUT2D eigenvalue weighted by molar-refractivity contribution is 5.99. The van der Waals surface area contributed by atoms with Crippen molar-refractivity contribution in [1.29, 1.82) is 0 Å². The molecule has 0 saturated carbocycles. The molecule has 110 valence electrons. The first-order chi connectivity index (χ1) is 9.80. The maximum Gasteiger partial charge on any atom is 0.165 e. The average Bonchev–Trinajstić information content (AvgIpc) is 2.66. The van der Waals surface area contributed by atoms with Gasteiger partial charge in [0.05, 0.1) is 5.69 Å². The summed E-state index contributed by atoms with van der Waals surface area (Å²) in [6.45, 7) is 10.8. The van der Waals surface area contributed by atoms with Crippen LogP contribution in [0.3, 0.4) is 0 Å². The Morgan fingerprint density at radius 2 is 1.67 bits per heavy atom. The lowest BCUT2D eigenvalue weighted by atomic mass is 9.76. The van der Waals surface area contributed by atoms with Crippen molar-refractivity contribution in [3.63, 3.8) is 0 Å². The van der Waals surface area contributed by atoms with Gasteiger partial charge in [-0.3, -0.25) is 4.79 Å². The largest absolute Gasteiger partial charge is 0.317 e. The molecule has 0 N–H and O–H groups in total. The Labute approximate surface area is 126 Å². The molecule has 0 bridgehead atoms. The molecule has 1 heterocycles. The summed E-state index contributed by atoms with van der Waals surface area (Å²) in [5, 5.41) is 0. The van der Waals surface area contributed by atoms with Gasteiger partial charge >= 0.3 is 0 Å². The number of nitrogens with zero attached hydrogens (tertiary/aromatic N) is 1. The fourth-order valence-electron chi connectivity index (χ4n) is 3.62. The van der Waals surface area contributed by atoms with Crippen LogP contribution in [-0.2, 0) is 6.42 Å². The lowest BCUT2D eigenvalue weighted by Crippen LogP contribution is -2.28. The van der Waals surface area contributed by atoms with Gasteiger partial charge in [0.1, 0.15) is 0 Å². The number of carbonyl (C=O) groups is 1. The van der Waals surface area contributed by atoms with E-state index in [9.17, 15) is 4.79 Å². The van der Waals surface area contributed by atoms with Crippen molar-refractivity contribution in [3.8, 4) is 5.69 Å². The predicted molar refractivity (Wildman–Crippen MR) is 86.4 cm³/mol. The molecule has 0 aliphatic heterocycles. The zero-order valence-corrected chi connectivity index (χ0v) is 13.6. The monoisotopic (exact) mass is 281 g/mol. The van der Waals surface area contributed by atoms with E-state index in [1.54, 1.807) is 0 Å². The molecule has 1 aliphatic rings. The third kappa shape index (κ3) is 2.23. The third-order valence-corrected chi connectivity index (χ3v) is 4.54. The summed E-state index contributed by atoms with van der Waals surface area (Å²) >= 11 is 0. The molecule has 1 aromatic heterocycles. The number of para-hydroxylation sites is 1. The zero-order valence-electron chi connectivity index (χ0n) is 13.6. The van der Waals surface area contributed by atoms with Crippen molar-refractivity contribution in [2.24, 2.45) is 5.41 Å². The summed E-state index contributed by atoms with van der Waals surface area (Å²) in [5.41, 5.74) is 7.06. The molecule has 1 aliphatic carbocycles. The summed E-state index contributed by atoms with van der Waals surface area (Å²) < 4.78 is 2.30. The Morgan fingerprint density at radius 3 is 2.29 bits per heavy atom. The van der Waals surface area contributed by atoms with E-state index < -0.39 is 0 Å². The van der Waals surface area contributed by atoms with E-state index in [4.69, 9.17) is 0 Å². The van der Waals surface area contributed by atoms with Gasteiger partial charge in [-0.1, -0.05) is 32.0 Å². The lowest BCUT2D eigenvalue weighted by Gasteiger charge is -2.30. The van der Waals surface area contributed by atoms with Gasteiger partial charge in [0.2, 0.25) is 0 Å². The van der Waals surface area contributed by atoms with E-state index >= 15 is 0 Å². The predicted octanol–water partition coefficient (Wildman–Crippen LogP) is 4.56. The number of benzene rings is 1. The molecule has 0 amide bonds. The summed E-state index contributed by atoms with van der Waals surface area (Å²) in [5.74, 6) is 0.286. The number of rotatable bonds is 1. The molecule has 2 aromatic rings. The van der Waals surface area contributed by atoms with E-state index in [2.05, 4.69) is 63.5 Å². The number of ketones is 1. The number of carbonyl (C=O) groups excluding carboxylic acids is 1. The number of Topliss-reactive ketones (excluding diaryl/α,β-unsaturated/α-hetero) is 1. The summed E-state index contributed by atoms with van der Waals surface area (Å²) in [7, 11) is 0. The van der Waals surface area contributed by atoms with Gasteiger partial charge < -0.3 is 4.57 Å². The second-order valence-electron chi connectivity index (χ2n) is 7.16. The molecule has 0 atom stereocenters. The van der Waals surface area contributed by atoms with Crippen LogP contribution in [0.2, 0.25) is 0 Å². The van der Waals surface area contributed by atoms with E-state index in [-0.39, 0.29) is 11.2 Å². The first-order valence-corrected chi connectivity index (χ1v) is 7.61. The molecular weight excluding hydrogens is 258 g/mol. The molecule has 2 heteroatoms. The van der Waals surface area contributed by atoms with Gasteiger partial charge in [-0.2, -0.15) is 0 Å². The minimum absolute atomic E-state index is 0.0449. The summed E-state index contributed by atoms with van der Waals surface area (Å²) in [4.78, 5) is 12.5. The number of fused-ring (bicyclic) bond motifs is 1. The molecule has 0 fully saturated rings. The first-order valence-electron chi connectivity index (χ1n) is 7.61. The molecule has 0 unspecified atom stereocenters. The second-order valence-corrected chi connectivity index (χ2v) is 7.16. The smallest absolute Gasteiger partial charge is 0.165 e. The van der Waals surface area contributed by atoms with Gasteiger partial charge in [-0.15, -0.1) is 0 Å². The SMILES string of the molecule is Cc1cccc(C)c1-n1c(C)cc2c1CC(C)(C)CC2=O. The highest BCUT2D eigenvalue weighted by Gasteiger charge is 2.34. The van der Waals surface area contributed by atoms with Gasteiger partial charge in [-0.05, 0) is 49.8 Å². The van der Waals surface area contributed by atoms with Crippen LogP contribution < -0.4 is 0 Å². The molecular formula is C19H23NO. The summed E-state index contributed by atoms with van der Waals surface area (Å²) in [6.07, 6.45) is 1.60. The highest BCUT2D eigenvalue weighted by Crippen LogP contribution is 2.38. The topological polar surface area (TPSA) is 22.0 Å². The van der Waals surface area contributed by atoms with Crippen molar-refractivity contribution in [2.45, 2.75) is 47.5 Å². The van der Waals surface area contributed by atoms with Crippen LogP contribution in [0.4, 0.5) is 0 Å². The van der Waals surface area contributed by atoms with Gasteiger partial charge in [0.15, 0.2) is 5.78 Å². The van der Waals surface area contributed by atoms with Crippen LogP contribution in [0, 0.1) is 26.2 Å². The molecule has 0 radical (unpaired) electrons. The fourth-order valence-corrected chi connectivity index (χ4v) is 3.62. The minimum Gasteiger partial charge on any atom is -0.317 e. The molecule has 21 heavy (non-hydrogen) atoms. The Balaban J connectivity index is 2.29. The third-order valence-electron chi connectivity index (χ3n) is 4.54. The molecule has 1 aromatic carbocycles. The van der Waals surface area contributed by atoms with Crippen molar-refractivity contribution < 1.29 is 4.79 Å². The number of aromatic nitrogens is 1.